The maximum Gasteiger partial charge on any atom is 0.232 e. The molecule has 2 N–H and O–H groups in total. The molecule has 212 valence electrons. The van der Waals surface area contributed by atoms with E-state index >= 15 is 8.78 Å². The number of H-pyrrole nitrogens is 1. The lowest BCUT2D eigenvalue weighted by Gasteiger charge is -2.22. The van der Waals surface area contributed by atoms with E-state index in [0.717, 1.165) is 53.7 Å². The summed E-state index contributed by atoms with van der Waals surface area (Å²) in [7, 11) is -0.781. The lowest BCUT2D eigenvalue weighted by Crippen LogP contribution is -2.19. The van der Waals surface area contributed by atoms with Crippen molar-refractivity contribution in [2.75, 3.05) is 37.2 Å². The Morgan fingerprint density at radius 1 is 1.18 bits per heavy atom. The first kappa shape index (κ1) is 27.6. The van der Waals surface area contributed by atoms with Crippen LogP contribution in [-0.4, -0.2) is 65.4 Å². The SMILES string of the molecule is COCCn1cc(-c2nc(N(C)c3c(F)cc(S(C)(=O)=O)cc3F)nc(Nc3cc(C)[nH]n3)c2C2CC2)c(C)n1. The number of rotatable bonds is 10. The number of methoxy groups -OCH3 is 1. The van der Waals surface area contributed by atoms with Crippen LogP contribution >= 0.6 is 0 Å². The number of benzene rings is 1. The minimum Gasteiger partial charge on any atom is -0.383 e. The minimum atomic E-state index is -3.82. The molecule has 1 saturated carbocycles. The molecule has 0 aliphatic heterocycles. The summed E-state index contributed by atoms with van der Waals surface area (Å²) >= 11 is 0. The predicted molar refractivity (Wildman–Crippen MR) is 146 cm³/mol. The lowest BCUT2D eigenvalue weighted by molar-refractivity contribution is 0.183. The summed E-state index contributed by atoms with van der Waals surface area (Å²) in [6.45, 7) is 4.75. The van der Waals surface area contributed by atoms with Gasteiger partial charge in [0, 0.05) is 49.5 Å². The summed E-state index contributed by atoms with van der Waals surface area (Å²) < 4.78 is 61.2. The summed E-state index contributed by atoms with van der Waals surface area (Å²) in [4.78, 5) is 10.2. The van der Waals surface area contributed by atoms with E-state index in [1.807, 2.05) is 26.1 Å². The van der Waals surface area contributed by atoms with Gasteiger partial charge in [-0.05, 0) is 44.7 Å². The predicted octanol–water partition coefficient (Wildman–Crippen LogP) is 4.40. The van der Waals surface area contributed by atoms with E-state index in [2.05, 4.69) is 20.6 Å². The smallest absolute Gasteiger partial charge is 0.232 e. The van der Waals surface area contributed by atoms with Crippen molar-refractivity contribution in [2.45, 2.75) is 44.0 Å². The van der Waals surface area contributed by atoms with Crippen LogP contribution in [0, 0.1) is 25.5 Å². The first-order valence-corrected chi connectivity index (χ1v) is 14.5. The molecule has 1 aromatic carbocycles. The van der Waals surface area contributed by atoms with Crippen LogP contribution in [0.3, 0.4) is 0 Å². The normalized spacial score (nSPS) is 13.6. The largest absolute Gasteiger partial charge is 0.383 e. The van der Waals surface area contributed by atoms with Gasteiger partial charge in [0.25, 0.3) is 0 Å². The fourth-order valence-corrected chi connectivity index (χ4v) is 5.13. The molecular formula is C26H30F2N8O3S. The van der Waals surface area contributed by atoms with Crippen LogP contribution in [0.2, 0.25) is 0 Å². The van der Waals surface area contributed by atoms with Crippen molar-refractivity contribution in [1.29, 1.82) is 0 Å². The second-order valence-corrected chi connectivity index (χ2v) is 11.9. The number of aromatic nitrogens is 6. The summed E-state index contributed by atoms with van der Waals surface area (Å²) in [5.41, 5.74) is 3.29. The standard InChI is InChI=1S/C26H30F2N8O3S/c1-14-10-21(33-32-14)29-25-22(16-6-7-16)23(18-13-36(8-9-39-4)34-15(18)2)30-26(31-25)35(3)24-19(27)11-17(12-20(24)28)40(5,37)38/h10-13,16H,6-9H2,1-5H3,(H2,29,30,31,32,33). The minimum absolute atomic E-state index is 0.00287. The number of ether oxygens (including phenoxy) is 1. The van der Waals surface area contributed by atoms with Gasteiger partial charge in [-0.1, -0.05) is 0 Å². The molecule has 5 rings (SSSR count). The maximum atomic E-state index is 15.2. The van der Waals surface area contributed by atoms with Crippen LogP contribution in [-0.2, 0) is 21.1 Å². The van der Waals surface area contributed by atoms with E-state index in [9.17, 15) is 8.42 Å². The molecule has 0 bridgehead atoms. The van der Waals surface area contributed by atoms with Gasteiger partial charge in [-0.3, -0.25) is 9.78 Å². The molecular weight excluding hydrogens is 542 g/mol. The first-order chi connectivity index (χ1) is 19.0. The molecule has 3 heterocycles. The molecule has 40 heavy (non-hydrogen) atoms. The summed E-state index contributed by atoms with van der Waals surface area (Å²) in [6.07, 6.45) is 4.64. The average molecular weight is 573 g/mol. The van der Waals surface area contributed by atoms with Crippen molar-refractivity contribution >= 4 is 33.1 Å². The Kier molecular flexibility index (Phi) is 7.31. The summed E-state index contributed by atoms with van der Waals surface area (Å²) in [5, 5.41) is 15.0. The molecule has 0 radical (unpaired) electrons. The molecule has 1 aliphatic rings. The quantitative estimate of drug-likeness (QED) is 0.284. The lowest BCUT2D eigenvalue weighted by atomic mass is 10.0. The first-order valence-electron chi connectivity index (χ1n) is 12.6. The molecule has 0 spiro atoms. The second kappa shape index (κ2) is 10.6. The molecule has 1 fully saturated rings. The maximum absolute atomic E-state index is 15.2. The number of hydrogen-bond acceptors (Lipinski definition) is 9. The monoisotopic (exact) mass is 572 g/mol. The molecule has 3 aromatic heterocycles. The van der Waals surface area contributed by atoms with Crippen molar-refractivity contribution in [3.05, 3.63) is 53.0 Å². The van der Waals surface area contributed by atoms with E-state index in [4.69, 9.17) is 14.7 Å². The number of halogens is 2. The van der Waals surface area contributed by atoms with Crippen LogP contribution in [0.5, 0.6) is 0 Å². The number of sulfone groups is 1. The fraction of sp³-hybridized carbons (Fsp3) is 0.385. The zero-order chi connectivity index (χ0) is 28.8. The third-order valence-electron chi connectivity index (χ3n) is 6.65. The van der Waals surface area contributed by atoms with Gasteiger partial charge in [-0.2, -0.15) is 15.2 Å². The summed E-state index contributed by atoms with van der Waals surface area (Å²) in [5.74, 6) is -0.941. The van der Waals surface area contributed by atoms with Gasteiger partial charge in [0.05, 0.1) is 29.4 Å². The number of nitrogens with one attached hydrogen (secondary N) is 2. The van der Waals surface area contributed by atoms with Gasteiger partial charge in [-0.25, -0.2) is 22.2 Å². The van der Waals surface area contributed by atoms with Crippen molar-refractivity contribution in [3.63, 3.8) is 0 Å². The Morgan fingerprint density at radius 3 is 2.45 bits per heavy atom. The van der Waals surface area contributed by atoms with Gasteiger partial charge in [0.1, 0.15) is 11.5 Å². The van der Waals surface area contributed by atoms with Gasteiger partial charge in [-0.15, -0.1) is 0 Å². The molecule has 1 aliphatic carbocycles. The van der Waals surface area contributed by atoms with Crippen molar-refractivity contribution in [1.82, 2.24) is 29.9 Å². The Bertz CT molecular complexity index is 1660. The van der Waals surface area contributed by atoms with E-state index in [1.165, 1.54) is 11.9 Å². The van der Waals surface area contributed by atoms with Gasteiger partial charge in [0.15, 0.2) is 27.3 Å². The molecule has 0 atom stereocenters. The topological polar surface area (TPSA) is 131 Å². The fourth-order valence-electron chi connectivity index (χ4n) is 4.50. The molecule has 4 aromatic rings. The number of nitrogens with zero attached hydrogens (tertiary/aromatic N) is 6. The Morgan fingerprint density at radius 2 is 1.88 bits per heavy atom. The number of hydrogen-bond donors (Lipinski definition) is 2. The van der Waals surface area contributed by atoms with Crippen LogP contribution in [0.1, 0.15) is 35.7 Å². The van der Waals surface area contributed by atoms with Crippen LogP contribution in [0.4, 0.5) is 32.1 Å². The Labute approximate surface area is 230 Å². The highest BCUT2D eigenvalue weighted by Gasteiger charge is 2.34. The van der Waals surface area contributed by atoms with E-state index in [0.29, 0.717) is 30.5 Å². The summed E-state index contributed by atoms with van der Waals surface area (Å²) in [6, 6.07) is 3.40. The molecule has 14 heteroatoms. The zero-order valence-electron chi connectivity index (χ0n) is 22.8. The third kappa shape index (κ3) is 5.54. The number of aromatic amines is 1. The molecule has 0 saturated heterocycles. The Hall–Kier alpha value is -3.91. The third-order valence-corrected chi connectivity index (χ3v) is 7.74. The molecule has 0 amide bonds. The van der Waals surface area contributed by atoms with Crippen molar-refractivity contribution in [2.24, 2.45) is 0 Å². The molecule has 0 unspecified atom stereocenters. The van der Waals surface area contributed by atoms with Gasteiger partial charge < -0.3 is 15.0 Å². The highest BCUT2D eigenvalue weighted by molar-refractivity contribution is 7.90. The molecule has 11 nitrogen and oxygen atoms in total. The van der Waals surface area contributed by atoms with Crippen molar-refractivity contribution in [3.8, 4) is 11.3 Å². The van der Waals surface area contributed by atoms with Crippen LogP contribution in [0.15, 0.2) is 29.3 Å². The van der Waals surface area contributed by atoms with E-state index < -0.39 is 32.1 Å². The van der Waals surface area contributed by atoms with Crippen LogP contribution < -0.4 is 10.2 Å². The van der Waals surface area contributed by atoms with Crippen molar-refractivity contribution < 1.29 is 21.9 Å². The van der Waals surface area contributed by atoms with Crippen LogP contribution in [0.25, 0.3) is 11.3 Å². The number of aryl methyl sites for hydroxylation is 2. The highest BCUT2D eigenvalue weighted by Crippen LogP contribution is 2.48. The highest BCUT2D eigenvalue weighted by atomic mass is 32.2. The number of anilines is 4. The van der Waals surface area contributed by atoms with E-state index in [1.54, 1.807) is 11.8 Å². The average Bonchev–Trinajstić information content (AvgIpc) is 3.53. The van der Waals surface area contributed by atoms with Gasteiger partial charge >= 0.3 is 0 Å². The van der Waals surface area contributed by atoms with E-state index in [-0.39, 0.29) is 11.9 Å². The Balaban J connectivity index is 1.68. The van der Waals surface area contributed by atoms with Gasteiger partial charge in [0.2, 0.25) is 5.95 Å². The second-order valence-electron chi connectivity index (χ2n) is 9.92. The zero-order valence-corrected chi connectivity index (χ0v) is 23.6.